The van der Waals surface area contributed by atoms with Gasteiger partial charge < -0.3 is 14.7 Å². The molecule has 2 aromatic rings. The monoisotopic (exact) mass is 417 g/mol. The number of pyridine rings is 1. The molecule has 9 nitrogen and oxygen atoms in total. The van der Waals surface area contributed by atoms with Crippen LogP contribution in [0.1, 0.15) is 18.1 Å². The topological polar surface area (TPSA) is 124 Å². The number of nitrogens with zero attached hydrogens (tertiary/aromatic N) is 3. The molecule has 0 saturated carbocycles. The van der Waals surface area contributed by atoms with E-state index in [1.54, 1.807) is 0 Å². The van der Waals surface area contributed by atoms with Crippen molar-refractivity contribution in [3.63, 3.8) is 0 Å². The van der Waals surface area contributed by atoms with E-state index in [-0.39, 0.29) is 23.1 Å². The Balaban J connectivity index is 2.35. The SMILES string of the molecule is CC(=NOCC(=O)O)c1cc(Oc2ncc(C(F)(F)F)cc2F)ccc1[N+](=O)[O-]. The molecule has 1 aromatic heterocycles. The minimum atomic E-state index is -4.80. The van der Waals surface area contributed by atoms with Crippen LogP contribution in [0, 0.1) is 15.9 Å². The summed E-state index contributed by atoms with van der Waals surface area (Å²) >= 11 is 0. The molecule has 2 rings (SSSR count). The Morgan fingerprint density at radius 3 is 2.59 bits per heavy atom. The van der Waals surface area contributed by atoms with Gasteiger partial charge in [-0.2, -0.15) is 13.2 Å². The van der Waals surface area contributed by atoms with E-state index >= 15 is 0 Å². The summed E-state index contributed by atoms with van der Waals surface area (Å²) in [6.07, 6.45) is -4.42. The summed E-state index contributed by atoms with van der Waals surface area (Å²) in [7, 11) is 0. The zero-order valence-electron chi connectivity index (χ0n) is 14.4. The molecule has 1 aromatic carbocycles. The maximum atomic E-state index is 13.9. The number of hydrogen-bond acceptors (Lipinski definition) is 7. The van der Waals surface area contributed by atoms with Gasteiger partial charge in [0.15, 0.2) is 5.82 Å². The lowest BCUT2D eigenvalue weighted by Crippen LogP contribution is -2.08. The summed E-state index contributed by atoms with van der Waals surface area (Å²) in [4.78, 5) is 28.6. The minimum absolute atomic E-state index is 0.0933. The second-order valence-corrected chi connectivity index (χ2v) is 5.39. The van der Waals surface area contributed by atoms with Gasteiger partial charge >= 0.3 is 12.1 Å². The lowest BCUT2D eigenvalue weighted by atomic mass is 10.1. The van der Waals surface area contributed by atoms with E-state index in [0.29, 0.717) is 6.20 Å². The first-order valence-electron chi connectivity index (χ1n) is 7.56. The molecule has 0 bridgehead atoms. The van der Waals surface area contributed by atoms with Crippen molar-refractivity contribution in [1.82, 2.24) is 4.98 Å². The number of carboxylic acids is 1. The van der Waals surface area contributed by atoms with Gasteiger partial charge in [0.1, 0.15) is 5.75 Å². The first-order valence-corrected chi connectivity index (χ1v) is 7.56. The number of nitro groups is 1. The number of nitro benzene ring substituents is 1. The second kappa shape index (κ2) is 8.50. The Bertz CT molecular complexity index is 978. The molecule has 0 radical (unpaired) electrons. The van der Waals surface area contributed by atoms with Crippen LogP contribution in [0.4, 0.5) is 23.2 Å². The van der Waals surface area contributed by atoms with Gasteiger partial charge in [-0.3, -0.25) is 10.1 Å². The molecule has 0 fully saturated rings. The molecule has 0 unspecified atom stereocenters. The summed E-state index contributed by atoms with van der Waals surface area (Å²) in [5.74, 6) is -3.69. The molecule has 1 N–H and O–H groups in total. The average molecular weight is 417 g/mol. The highest BCUT2D eigenvalue weighted by Gasteiger charge is 2.32. The molecule has 154 valence electrons. The van der Waals surface area contributed by atoms with Gasteiger partial charge in [0.25, 0.3) is 11.6 Å². The van der Waals surface area contributed by atoms with Gasteiger partial charge in [0.05, 0.1) is 21.8 Å². The first-order chi connectivity index (χ1) is 13.5. The maximum Gasteiger partial charge on any atom is 0.417 e. The number of aromatic nitrogens is 1. The number of hydrogen-bond donors (Lipinski definition) is 1. The number of benzene rings is 1. The molecule has 0 aliphatic heterocycles. The Morgan fingerprint density at radius 1 is 1.34 bits per heavy atom. The molecule has 13 heteroatoms. The lowest BCUT2D eigenvalue weighted by Gasteiger charge is -2.10. The van der Waals surface area contributed by atoms with Crippen molar-refractivity contribution >= 4 is 17.4 Å². The van der Waals surface area contributed by atoms with Crippen molar-refractivity contribution in [1.29, 1.82) is 0 Å². The molecule has 0 saturated heterocycles. The van der Waals surface area contributed by atoms with Crippen molar-refractivity contribution < 1.29 is 42.0 Å². The number of halogens is 4. The summed E-state index contributed by atoms with van der Waals surface area (Å²) < 4.78 is 56.7. The normalized spacial score (nSPS) is 11.8. The maximum absolute atomic E-state index is 13.9. The molecular weight excluding hydrogens is 406 g/mol. The van der Waals surface area contributed by atoms with Crippen molar-refractivity contribution in [3.05, 3.63) is 57.5 Å². The van der Waals surface area contributed by atoms with E-state index in [1.807, 2.05) is 0 Å². The van der Waals surface area contributed by atoms with E-state index in [9.17, 15) is 32.5 Å². The van der Waals surface area contributed by atoms with Crippen LogP contribution in [0.25, 0.3) is 0 Å². The fraction of sp³-hybridized carbons (Fsp3) is 0.188. The van der Waals surface area contributed by atoms with Crippen molar-refractivity contribution in [3.8, 4) is 11.6 Å². The van der Waals surface area contributed by atoms with Crippen LogP contribution in [0.5, 0.6) is 11.6 Å². The highest BCUT2D eigenvalue weighted by molar-refractivity contribution is 6.02. The van der Waals surface area contributed by atoms with Gasteiger partial charge in [-0.25, -0.2) is 14.2 Å². The molecule has 1 heterocycles. The number of aliphatic carboxylic acids is 1. The predicted octanol–water partition coefficient (Wildman–Crippen LogP) is 3.77. The standard InChI is InChI=1S/C16H11F4N3O6/c1-8(22-28-7-14(24)25)11-5-10(2-3-13(11)23(26)27)29-15-12(17)4-9(6-21-15)16(18,19)20/h2-6H,7H2,1H3,(H,24,25). The number of carboxylic acid groups (broad SMARTS) is 1. The molecule has 0 aliphatic rings. The smallest absolute Gasteiger partial charge is 0.417 e. The summed E-state index contributed by atoms with van der Waals surface area (Å²) in [5.41, 5.74) is -2.00. The van der Waals surface area contributed by atoms with E-state index in [2.05, 4.69) is 15.0 Å². The predicted molar refractivity (Wildman–Crippen MR) is 88.2 cm³/mol. The highest BCUT2D eigenvalue weighted by atomic mass is 19.4. The van der Waals surface area contributed by atoms with Gasteiger partial charge in [-0.1, -0.05) is 5.16 Å². The quantitative estimate of drug-likeness (QED) is 0.315. The summed E-state index contributed by atoms with van der Waals surface area (Å²) in [5, 5.41) is 23.1. The van der Waals surface area contributed by atoms with Crippen LogP contribution in [0.15, 0.2) is 35.6 Å². The van der Waals surface area contributed by atoms with E-state index in [1.165, 1.54) is 6.92 Å². The highest BCUT2D eigenvalue weighted by Crippen LogP contribution is 2.33. The van der Waals surface area contributed by atoms with Crippen LogP contribution < -0.4 is 4.74 Å². The summed E-state index contributed by atoms with van der Waals surface area (Å²) in [6, 6.07) is 3.32. The van der Waals surface area contributed by atoms with E-state index in [4.69, 9.17) is 9.84 Å². The molecule has 29 heavy (non-hydrogen) atoms. The van der Waals surface area contributed by atoms with Gasteiger partial charge in [-0.15, -0.1) is 0 Å². The third kappa shape index (κ3) is 5.60. The molecule has 0 amide bonds. The van der Waals surface area contributed by atoms with Crippen LogP contribution in [-0.4, -0.2) is 33.3 Å². The number of ether oxygens (including phenoxy) is 1. The number of oxime groups is 1. The Hall–Kier alpha value is -3.77. The van der Waals surface area contributed by atoms with Crippen molar-refractivity contribution in [2.75, 3.05) is 6.61 Å². The molecule has 0 spiro atoms. The zero-order valence-corrected chi connectivity index (χ0v) is 14.4. The Labute approximate surface area is 159 Å². The Morgan fingerprint density at radius 2 is 2.03 bits per heavy atom. The minimum Gasteiger partial charge on any atom is -0.479 e. The third-order valence-electron chi connectivity index (χ3n) is 3.29. The fourth-order valence-corrected chi connectivity index (χ4v) is 2.03. The largest absolute Gasteiger partial charge is 0.479 e. The summed E-state index contributed by atoms with van der Waals surface area (Å²) in [6.45, 7) is 0.493. The fourth-order valence-electron chi connectivity index (χ4n) is 2.03. The van der Waals surface area contributed by atoms with Gasteiger partial charge in [0.2, 0.25) is 6.61 Å². The van der Waals surface area contributed by atoms with Gasteiger partial charge in [-0.05, 0) is 25.1 Å². The molecule has 0 aliphatic carbocycles. The number of carbonyl (C=O) groups is 1. The molecule has 0 atom stereocenters. The second-order valence-electron chi connectivity index (χ2n) is 5.39. The zero-order chi connectivity index (χ0) is 21.8. The van der Waals surface area contributed by atoms with Crippen molar-refractivity contribution in [2.45, 2.75) is 13.1 Å². The van der Waals surface area contributed by atoms with Crippen LogP contribution in [-0.2, 0) is 15.8 Å². The third-order valence-corrected chi connectivity index (χ3v) is 3.29. The van der Waals surface area contributed by atoms with Crippen molar-refractivity contribution in [2.24, 2.45) is 5.16 Å². The van der Waals surface area contributed by atoms with E-state index < -0.39 is 46.6 Å². The lowest BCUT2D eigenvalue weighted by molar-refractivity contribution is -0.385. The first kappa shape index (κ1) is 21.5. The van der Waals surface area contributed by atoms with Crippen LogP contribution >= 0.6 is 0 Å². The van der Waals surface area contributed by atoms with Crippen LogP contribution in [0.2, 0.25) is 0 Å². The number of alkyl halides is 3. The molecular formula is C16H11F4N3O6. The Kier molecular flexibility index (Phi) is 6.31. The van der Waals surface area contributed by atoms with E-state index in [0.717, 1.165) is 18.2 Å². The van der Waals surface area contributed by atoms with Crippen LogP contribution in [0.3, 0.4) is 0 Å². The average Bonchev–Trinajstić information content (AvgIpc) is 2.61. The number of rotatable bonds is 7. The van der Waals surface area contributed by atoms with Gasteiger partial charge in [0, 0.05) is 12.3 Å².